The van der Waals surface area contributed by atoms with Crippen molar-refractivity contribution in [1.29, 1.82) is 0 Å². The summed E-state index contributed by atoms with van der Waals surface area (Å²) in [7, 11) is 0. The first-order chi connectivity index (χ1) is 10.2. The van der Waals surface area contributed by atoms with Crippen LogP contribution in [0.3, 0.4) is 0 Å². The van der Waals surface area contributed by atoms with Crippen molar-refractivity contribution in [3.8, 4) is 0 Å². The number of aromatic amines is 1. The van der Waals surface area contributed by atoms with Crippen molar-refractivity contribution >= 4 is 38.8 Å². The van der Waals surface area contributed by atoms with Gasteiger partial charge in [0, 0.05) is 23.6 Å². The highest BCUT2D eigenvalue weighted by atomic mass is 32.2. The van der Waals surface area contributed by atoms with Crippen molar-refractivity contribution < 1.29 is 4.79 Å². The Morgan fingerprint density at radius 2 is 2.00 bits per heavy atom. The van der Waals surface area contributed by atoms with Crippen molar-refractivity contribution in [3.63, 3.8) is 0 Å². The number of Topliss-reactive ketones (excluding diaryl/α,β-unsaturated/α-hetero) is 1. The van der Waals surface area contributed by atoms with Crippen molar-refractivity contribution in [2.24, 2.45) is 9.98 Å². The molecule has 1 aromatic carbocycles. The standard InChI is InChI=1S/C15H16N4OS/c1-10(20)8-18-15-19-14(21-15)16-7-6-11-9-17-13-5-3-2-4-12(11)13/h2-5,9,17H,6-8H2,1H3,(H,16,18,19). The van der Waals surface area contributed by atoms with Crippen molar-refractivity contribution in [2.75, 3.05) is 13.1 Å². The topological polar surface area (TPSA) is 69.6 Å². The number of para-hydroxylation sites is 1. The highest BCUT2D eigenvalue weighted by Gasteiger charge is 2.18. The maximum atomic E-state index is 10.8. The van der Waals surface area contributed by atoms with Gasteiger partial charge in [-0.25, -0.2) is 0 Å². The Bertz CT molecular complexity index is 722. The number of benzene rings is 1. The number of hydrogen-bond acceptors (Lipinski definition) is 4. The lowest BCUT2D eigenvalue weighted by molar-refractivity contribution is -0.115. The Labute approximate surface area is 126 Å². The van der Waals surface area contributed by atoms with Crippen molar-refractivity contribution in [2.45, 2.75) is 13.3 Å². The first-order valence-electron chi connectivity index (χ1n) is 6.80. The van der Waals surface area contributed by atoms with Crippen LogP contribution in [0.2, 0.25) is 0 Å². The zero-order chi connectivity index (χ0) is 14.7. The van der Waals surface area contributed by atoms with Gasteiger partial charge in [0.05, 0.1) is 0 Å². The van der Waals surface area contributed by atoms with Crippen LogP contribution in [-0.2, 0) is 11.2 Å². The number of rotatable bonds is 5. The Balaban J connectivity index is 1.52. The summed E-state index contributed by atoms with van der Waals surface area (Å²) in [5, 5.41) is 5.96. The van der Waals surface area contributed by atoms with Gasteiger partial charge in [0.1, 0.15) is 6.54 Å². The fourth-order valence-electron chi connectivity index (χ4n) is 2.13. The Kier molecular flexibility index (Phi) is 4.06. The zero-order valence-electron chi connectivity index (χ0n) is 11.7. The number of hydrogen-bond donors (Lipinski definition) is 2. The molecule has 21 heavy (non-hydrogen) atoms. The van der Waals surface area contributed by atoms with Crippen molar-refractivity contribution in [3.05, 3.63) is 36.0 Å². The van der Waals surface area contributed by atoms with Crippen LogP contribution < -0.4 is 5.32 Å². The maximum absolute atomic E-state index is 10.8. The van der Waals surface area contributed by atoms with Crippen LogP contribution in [0, 0.1) is 0 Å². The highest BCUT2D eigenvalue weighted by Crippen LogP contribution is 2.19. The van der Waals surface area contributed by atoms with E-state index < -0.39 is 0 Å². The van der Waals surface area contributed by atoms with E-state index >= 15 is 0 Å². The molecule has 2 heterocycles. The first kappa shape index (κ1) is 13.9. The molecule has 1 aliphatic heterocycles. The zero-order valence-corrected chi connectivity index (χ0v) is 12.5. The van der Waals surface area contributed by atoms with E-state index in [1.54, 1.807) is 0 Å². The number of thioether (sulfide) groups is 1. The fourth-order valence-corrected chi connectivity index (χ4v) is 2.74. The normalized spacial score (nSPS) is 18.0. The van der Waals surface area contributed by atoms with Gasteiger partial charge in [0.25, 0.3) is 0 Å². The number of nitrogens with zero attached hydrogens (tertiary/aromatic N) is 2. The van der Waals surface area contributed by atoms with E-state index in [1.807, 2.05) is 18.3 Å². The second kappa shape index (κ2) is 6.13. The van der Waals surface area contributed by atoms with Crippen LogP contribution in [0.1, 0.15) is 12.5 Å². The van der Waals surface area contributed by atoms with Crippen LogP contribution in [-0.4, -0.2) is 34.2 Å². The van der Waals surface area contributed by atoms with E-state index in [-0.39, 0.29) is 12.3 Å². The molecule has 1 fully saturated rings. The number of carbonyl (C=O) groups excluding carboxylic acids is 1. The summed E-state index contributed by atoms with van der Waals surface area (Å²) in [6.07, 6.45) is 2.95. The smallest absolute Gasteiger partial charge is 0.170 e. The molecule has 0 spiro atoms. The highest BCUT2D eigenvalue weighted by molar-refractivity contribution is 8.29. The third-order valence-electron chi connectivity index (χ3n) is 3.16. The van der Waals surface area contributed by atoms with Crippen LogP contribution in [0.4, 0.5) is 0 Å². The summed E-state index contributed by atoms with van der Waals surface area (Å²) >= 11 is 1.49. The van der Waals surface area contributed by atoms with E-state index in [4.69, 9.17) is 0 Å². The molecule has 1 aliphatic rings. The number of ketones is 1. The lowest BCUT2D eigenvalue weighted by Gasteiger charge is -2.19. The summed E-state index contributed by atoms with van der Waals surface area (Å²) in [6, 6.07) is 8.27. The number of amidine groups is 2. The third-order valence-corrected chi connectivity index (χ3v) is 4.01. The molecule has 0 unspecified atom stereocenters. The van der Waals surface area contributed by atoms with Gasteiger partial charge in [-0.05, 0) is 36.7 Å². The lowest BCUT2D eigenvalue weighted by atomic mass is 10.1. The summed E-state index contributed by atoms with van der Waals surface area (Å²) in [5.74, 6) is 0.0645. The van der Waals surface area contributed by atoms with Gasteiger partial charge in [-0.1, -0.05) is 18.2 Å². The molecule has 108 valence electrons. The van der Waals surface area contributed by atoms with E-state index in [0.29, 0.717) is 0 Å². The van der Waals surface area contributed by atoms with E-state index in [1.165, 1.54) is 29.6 Å². The number of aliphatic imine (C=N–C) groups is 2. The van der Waals surface area contributed by atoms with Crippen LogP contribution >= 0.6 is 11.8 Å². The summed E-state index contributed by atoms with van der Waals surface area (Å²) in [4.78, 5) is 22.7. The summed E-state index contributed by atoms with van der Waals surface area (Å²) < 4.78 is 0. The number of fused-ring (bicyclic) bond motifs is 1. The van der Waals surface area contributed by atoms with E-state index in [0.717, 1.165) is 28.8 Å². The molecule has 2 N–H and O–H groups in total. The molecule has 0 saturated carbocycles. The molecule has 0 amide bonds. The summed E-state index contributed by atoms with van der Waals surface area (Å²) in [5.41, 5.74) is 2.44. The van der Waals surface area contributed by atoms with Gasteiger partial charge < -0.3 is 10.3 Å². The van der Waals surface area contributed by atoms with Crippen LogP contribution in [0.5, 0.6) is 0 Å². The van der Waals surface area contributed by atoms with Gasteiger partial charge in [-0.15, -0.1) is 0 Å². The molecule has 6 heteroatoms. The minimum atomic E-state index is 0.0645. The first-order valence-corrected chi connectivity index (χ1v) is 7.62. The minimum absolute atomic E-state index is 0.0645. The maximum Gasteiger partial charge on any atom is 0.170 e. The Hall–Kier alpha value is -2.08. The number of H-pyrrole nitrogens is 1. The van der Waals surface area contributed by atoms with Crippen molar-refractivity contribution in [1.82, 2.24) is 10.3 Å². The molecule has 3 rings (SSSR count). The molecule has 2 aromatic rings. The van der Waals surface area contributed by atoms with Gasteiger partial charge in [0.2, 0.25) is 0 Å². The van der Waals surface area contributed by atoms with E-state index in [9.17, 15) is 4.79 Å². The second-order valence-corrected chi connectivity index (χ2v) is 5.82. The van der Waals surface area contributed by atoms with Crippen LogP contribution in [0.25, 0.3) is 10.9 Å². The number of nitrogens with one attached hydrogen (secondary N) is 2. The molecule has 0 radical (unpaired) electrons. The number of aromatic nitrogens is 1. The molecule has 0 atom stereocenters. The molecular formula is C15H16N4OS. The molecule has 1 saturated heterocycles. The average Bonchev–Trinajstić information content (AvgIpc) is 2.83. The van der Waals surface area contributed by atoms with Gasteiger partial charge in [-0.2, -0.15) is 0 Å². The minimum Gasteiger partial charge on any atom is -0.361 e. The quantitative estimate of drug-likeness (QED) is 0.890. The van der Waals surface area contributed by atoms with Gasteiger partial charge in [0.15, 0.2) is 16.1 Å². The average molecular weight is 300 g/mol. The SMILES string of the molecule is CC(=O)CN=C1NC(=NCCc2c[nH]c3ccccc23)S1. The Morgan fingerprint density at radius 3 is 2.81 bits per heavy atom. The lowest BCUT2D eigenvalue weighted by Crippen LogP contribution is -2.39. The molecule has 0 bridgehead atoms. The summed E-state index contributed by atoms with van der Waals surface area (Å²) in [6.45, 7) is 2.50. The van der Waals surface area contributed by atoms with E-state index in [2.05, 4.69) is 32.4 Å². The largest absolute Gasteiger partial charge is 0.361 e. The fraction of sp³-hybridized carbons (Fsp3) is 0.267. The molecular weight excluding hydrogens is 284 g/mol. The Morgan fingerprint density at radius 1 is 1.24 bits per heavy atom. The second-order valence-electron chi connectivity index (χ2n) is 4.85. The number of carbonyl (C=O) groups is 1. The molecule has 0 aliphatic carbocycles. The molecule has 5 nitrogen and oxygen atoms in total. The predicted octanol–water partition coefficient (Wildman–Crippen LogP) is 2.35. The van der Waals surface area contributed by atoms with Crippen LogP contribution in [0.15, 0.2) is 40.4 Å². The monoisotopic (exact) mass is 300 g/mol. The predicted molar refractivity (Wildman–Crippen MR) is 88.0 cm³/mol. The van der Waals surface area contributed by atoms with Gasteiger partial charge in [-0.3, -0.25) is 14.8 Å². The van der Waals surface area contributed by atoms with Gasteiger partial charge >= 0.3 is 0 Å². The molecule has 1 aromatic heterocycles. The third kappa shape index (κ3) is 3.33.